The first-order valence-corrected chi connectivity index (χ1v) is 4.16. The fraction of sp³-hybridized carbons (Fsp3) is 0.667. The van der Waals surface area contributed by atoms with Crippen molar-refractivity contribution in [2.45, 2.75) is 32.1 Å². The van der Waals surface area contributed by atoms with Crippen molar-refractivity contribution in [3.63, 3.8) is 0 Å². The van der Waals surface area contributed by atoms with Crippen molar-refractivity contribution in [3.8, 4) is 0 Å². The maximum absolute atomic E-state index is 11.0. The van der Waals surface area contributed by atoms with Crippen LogP contribution in [0.1, 0.15) is 20.3 Å². The van der Waals surface area contributed by atoms with Gasteiger partial charge in [-0.25, -0.2) is 0 Å². The summed E-state index contributed by atoms with van der Waals surface area (Å²) in [5, 5.41) is 0. The third-order valence-corrected chi connectivity index (χ3v) is 2.66. The number of hydrogen-bond donors (Lipinski definition) is 0. The van der Waals surface area contributed by atoms with Crippen LogP contribution in [0.3, 0.4) is 0 Å². The zero-order chi connectivity index (χ0) is 8.93. The van der Waals surface area contributed by atoms with Crippen molar-refractivity contribution in [3.05, 3.63) is 12.2 Å². The zero-order valence-corrected chi connectivity index (χ0v) is 7.46. The summed E-state index contributed by atoms with van der Waals surface area (Å²) in [7, 11) is 0. The van der Waals surface area contributed by atoms with E-state index < -0.39 is 0 Å². The molecule has 2 saturated heterocycles. The van der Waals surface area contributed by atoms with Crippen molar-refractivity contribution in [2.24, 2.45) is 0 Å². The Kier molecular flexibility index (Phi) is 1.37. The molecule has 66 valence electrons. The maximum atomic E-state index is 11.0. The summed E-state index contributed by atoms with van der Waals surface area (Å²) in [6, 6.07) is 0. The summed E-state index contributed by atoms with van der Waals surface area (Å²) >= 11 is 0. The maximum Gasteiger partial charge on any atom is 0.229 e. The van der Waals surface area contributed by atoms with E-state index in [2.05, 4.69) is 6.58 Å². The Morgan fingerprint density at radius 2 is 2.33 bits per heavy atom. The van der Waals surface area contributed by atoms with Gasteiger partial charge in [-0.3, -0.25) is 4.79 Å². The van der Waals surface area contributed by atoms with E-state index in [0.717, 1.165) is 5.57 Å². The highest BCUT2D eigenvalue weighted by Gasteiger charge is 2.46. The van der Waals surface area contributed by atoms with Crippen molar-refractivity contribution in [1.29, 1.82) is 0 Å². The van der Waals surface area contributed by atoms with E-state index in [0.29, 0.717) is 13.0 Å². The molecule has 1 amide bonds. The van der Waals surface area contributed by atoms with Gasteiger partial charge in [0.15, 0.2) is 0 Å². The van der Waals surface area contributed by atoms with Crippen molar-refractivity contribution < 1.29 is 9.53 Å². The number of carbonyl (C=O) groups is 1. The lowest BCUT2D eigenvalue weighted by atomic mass is 9.93. The van der Waals surface area contributed by atoms with Gasteiger partial charge < -0.3 is 9.64 Å². The van der Waals surface area contributed by atoms with E-state index in [1.165, 1.54) is 0 Å². The summed E-state index contributed by atoms with van der Waals surface area (Å²) in [5.74, 6) is 0.177. The van der Waals surface area contributed by atoms with E-state index in [1.807, 2.05) is 13.8 Å². The van der Waals surface area contributed by atoms with Crippen LogP contribution in [0, 0.1) is 0 Å². The number of fused-ring (bicyclic) bond motifs is 1. The highest BCUT2D eigenvalue weighted by atomic mass is 16.5. The Hall–Kier alpha value is -0.830. The van der Waals surface area contributed by atoms with Crippen LogP contribution in [0.25, 0.3) is 0 Å². The van der Waals surface area contributed by atoms with Gasteiger partial charge >= 0.3 is 0 Å². The molecular weight excluding hydrogens is 154 g/mol. The van der Waals surface area contributed by atoms with Gasteiger partial charge in [0.2, 0.25) is 5.91 Å². The van der Waals surface area contributed by atoms with E-state index in [9.17, 15) is 4.79 Å². The Labute approximate surface area is 72.0 Å². The number of amides is 1. The normalized spacial score (nSPS) is 32.8. The van der Waals surface area contributed by atoms with Crippen LogP contribution in [-0.2, 0) is 9.53 Å². The zero-order valence-electron chi connectivity index (χ0n) is 7.46. The van der Waals surface area contributed by atoms with Crippen LogP contribution in [-0.4, -0.2) is 29.2 Å². The fourth-order valence-electron chi connectivity index (χ4n) is 1.54. The largest absolute Gasteiger partial charge is 0.347 e. The molecule has 2 fully saturated rings. The monoisotopic (exact) mass is 167 g/mol. The lowest BCUT2D eigenvalue weighted by Gasteiger charge is -2.50. The van der Waals surface area contributed by atoms with Gasteiger partial charge in [-0.1, -0.05) is 6.58 Å². The second kappa shape index (κ2) is 2.10. The Morgan fingerprint density at radius 3 is 2.92 bits per heavy atom. The smallest absolute Gasteiger partial charge is 0.229 e. The summed E-state index contributed by atoms with van der Waals surface area (Å²) < 4.78 is 5.66. The van der Waals surface area contributed by atoms with Gasteiger partial charge in [0.1, 0.15) is 6.23 Å². The summed E-state index contributed by atoms with van der Waals surface area (Å²) in [5.41, 5.74) is 0.716. The first-order valence-electron chi connectivity index (χ1n) is 4.16. The molecule has 0 radical (unpaired) electrons. The topological polar surface area (TPSA) is 29.5 Å². The van der Waals surface area contributed by atoms with E-state index in [4.69, 9.17) is 4.74 Å². The molecule has 0 aliphatic carbocycles. The molecule has 0 saturated carbocycles. The molecule has 0 aromatic carbocycles. The number of β-lactam (4-membered cyclic amide) rings is 1. The van der Waals surface area contributed by atoms with Gasteiger partial charge in [-0.15, -0.1) is 0 Å². The highest BCUT2D eigenvalue weighted by Crippen LogP contribution is 2.35. The molecule has 3 nitrogen and oxygen atoms in total. The number of ether oxygens (including phenoxy) is 1. The summed E-state index contributed by atoms with van der Waals surface area (Å²) in [4.78, 5) is 12.8. The highest BCUT2D eigenvalue weighted by molar-refractivity contribution is 5.83. The molecule has 0 spiro atoms. The molecule has 0 aromatic rings. The van der Waals surface area contributed by atoms with Gasteiger partial charge in [-0.05, 0) is 19.4 Å². The van der Waals surface area contributed by atoms with Crippen molar-refractivity contribution >= 4 is 5.91 Å². The fourth-order valence-corrected chi connectivity index (χ4v) is 1.54. The molecule has 12 heavy (non-hydrogen) atoms. The van der Waals surface area contributed by atoms with Crippen LogP contribution in [0.5, 0.6) is 0 Å². The average molecular weight is 167 g/mol. The molecule has 0 bridgehead atoms. The molecule has 2 aliphatic rings. The first kappa shape index (κ1) is 7.80. The Morgan fingerprint density at radius 1 is 1.67 bits per heavy atom. The lowest BCUT2D eigenvalue weighted by Crippen LogP contribution is -2.62. The molecule has 3 heteroatoms. The third kappa shape index (κ3) is 0.894. The van der Waals surface area contributed by atoms with Crippen molar-refractivity contribution in [2.75, 3.05) is 6.54 Å². The van der Waals surface area contributed by atoms with Gasteiger partial charge in [0.05, 0.1) is 12.0 Å². The summed E-state index contributed by atoms with van der Waals surface area (Å²) in [6.07, 6.45) is 0.550. The van der Waals surface area contributed by atoms with E-state index in [-0.39, 0.29) is 17.7 Å². The molecule has 2 aliphatic heterocycles. The molecule has 2 heterocycles. The number of rotatable bonds is 0. The number of nitrogens with zero attached hydrogens (tertiary/aromatic N) is 1. The van der Waals surface area contributed by atoms with Crippen molar-refractivity contribution in [1.82, 2.24) is 4.90 Å². The average Bonchev–Trinajstić information content (AvgIpc) is 1.96. The molecular formula is C9H13NO2. The lowest BCUT2D eigenvalue weighted by molar-refractivity contribution is -0.205. The van der Waals surface area contributed by atoms with Crippen LogP contribution >= 0.6 is 0 Å². The minimum Gasteiger partial charge on any atom is -0.347 e. The second-order valence-electron chi connectivity index (χ2n) is 3.91. The quantitative estimate of drug-likeness (QED) is 0.396. The Balaban J connectivity index is 2.15. The first-order chi connectivity index (χ1) is 5.50. The van der Waals surface area contributed by atoms with Crippen LogP contribution in [0.15, 0.2) is 12.2 Å². The molecule has 2 rings (SSSR count). The van der Waals surface area contributed by atoms with Gasteiger partial charge in [0.25, 0.3) is 0 Å². The van der Waals surface area contributed by atoms with Gasteiger partial charge in [0, 0.05) is 6.54 Å². The SMILES string of the molecule is C=C1CN2C(=O)C[C@H]2OC1(C)C. The summed E-state index contributed by atoms with van der Waals surface area (Å²) in [6.45, 7) is 8.56. The second-order valence-corrected chi connectivity index (χ2v) is 3.91. The number of carbonyl (C=O) groups excluding carboxylic acids is 1. The molecule has 0 unspecified atom stereocenters. The van der Waals surface area contributed by atoms with Crippen LogP contribution in [0.2, 0.25) is 0 Å². The molecule has 0 aromatic heterocycles. The van der Waals surface area contributed by atoms with Crippen LogP contribution in [0.4, 0.5) is 0 Å². The predicted molar refractivity (Wildman–Crippen MR) is 44.4 cm³/mol. The third-order valence-electron chi connectivity index (χ3n) is 2.66. The van der Waals surface area contributed by atoms with Crippen LogP contribution < -0.4 is 0 Å². The predicted octanol–water partition coefficient (Wildman–Crippen LogP) is 0.910. The Bertz CT molecular complexity index is 257. The number of hydrogen-bond acceptors (Lipinski definition) is 2. The van der Waals surface area contributed by atoms with E-state index >= 15 is 0 Å². The van der Waals surface area contributed by atoms with E-state index in [1.54, 1.807) is 4.90 Å². The van der Waals surface area contributed by atoms with Gasteiger partial charge in [-0.2, -0.15) is 0 Å². The molecule has 0 N–H and O–H groups in total. The molecule has 1 atom stereocenters. The standard InChI is InChI=1S/C9H13NO2/c1-6-5-10-7(11)4-8(10)12-9(6,2)3/h8H,1,4-5H2,2-3H3/t8-/m1/s1. The minimum atomic E-state index is -0.262. The minimum absolute atomic E-state index is 0.0120.